The van der Waals surface area contributed by atoms with Crippen LogP contribution in [0.3, 0.4) is 0 Å². The zero-order valence-electron chi connectivity index (χ0n) is 20.0. The quantitative estimate of drug-likeness (QED) is 0.381. The Bertz CT molecular complexity index is 653. The summed E-state index contributed by atoms with van der Waals surface area (Å²) in [6.45, 7) is 14.4. The predicted octanol–water partition coefficient (Wildman–Crippen LogP) is 7.09. The summed E-state index contributed by atoms with van der Waals surface area (Å²) in [5.74, 6) is 2.62. The summed E-state index contributed by atoms with van der Waals surface area (Å²) in [4.78, 5) is 0. The Morgan fingerprint density at radius 3 is 2.59 bits per heavy atom. The molecule has 29 heavy (non-hydrogen) atoms. The lowest BCUT2D eigenvalue weighted by atomic mass is 9.46. The molecule has 0 bridgehead atoms. The van der Waals surface area contributed by atoms with Crippen LogP contribution in [0.1, 0.15) is 91.9 Å². The summed E-state index contributed by atoms with van der Waals surface area (Å²) >= 11 is 0. The van der Waals surface area contributed by atoms with E-state index in [0.29, 0.717) is 11.5 Å². The Morgan fingerprint density at radius 1 is 1.14 bits per heavy atom. The molecule has 6 atom stereocenters. The van der Waals surface area contributed by atoms with Crippen LogP contribution >= 0.6 is 0 Å². The van der Waals surface area contributed by atoms with E-state index >= 15 is 0 Å². The lowest BCUT2D eigenvalue weighted by Crippen LogP contribution is -2.58. The van der Waals surface area contributed by atoms with Gasteiger partial charge in [0.2, 0.25) is 0 Å². The molecule has 1 unspecified atom stereocenters. The predicted molar refractivity (Wildman–Crippen MR) is 124 cm³/mol. The van der Waals surface area contributed by atoms with Gasteiger partial charge in [-0.25, -0.2) is 0 Å². The zero-order valence-corrected chi connectivity index (χ0v) is 21.0. The van der Waals surface area contributed by atoms with Gasteiger partial charge in [-0.15, -0.1) is 0 Å². The van der Waals surface area contributed by atoms with E-state index in [1.807, 2.05) is 0 Å². The number of aliphatic hydroxyl groups is 1. The van der Waals surface area contributed by atoms with Crippen LogP contribution in [0.2, 0.25) is 18.1 Å². The lowest BCUT2D eigenvalue weighted by molar-refractivity contribution is -0.0880. The molecule has 0 spiro atoms. The maximum Gasteiger partial charge on any atom is 0.194 e. The minimum absolute atomic E-state index is 0.103. The fraction of sp³-hybridized carbons (Fsp3) is 0.923. The molecule has 0 radical (unpaired) electrons. The topological polar surface area (TPSA) is 29.5 Å². The van der Waals surface area contributed by atoms with E-state index in [0.717, 1.165) is 17.8 Å². The van der Waals surface area contributed by atoms with Crippen molar-refractivity contribution in [2.45, 2.75) is 116 Å². The standard InChI is InChI=1S/C26H46O2Si/c1-7-26-19(10-8-12-23(26)28-29(5,6)24(2,3)18-27)13-14-20-21-11-9-16-25(21,4)17-15-22(20)26/h13,20-23,27H,7-12,14-18H2,1-6H3/t20-,21-,22-,23?,25-,26-/m0/s1. The molecule has 4 rings (SSSR count). The van der Waals surface area contributed by atoms with Crippen molar-refractivity contribution in [3.63, 3.8) is 0 Å². The summed E-state index contributed by atoms with van der Waals surface area (Å²) in [7, 11) is -2.03. The molecule has 3 fully saturated rings. The number of rotatable bonds is 5. The van der Waals surface area contributed by atoms with Crippen LogP contribution < -0.4 is 0 Å². The Morgan fingerprint density at radius 2 is 1.90 bits per heavy atom. The van der Waals surface area contributed by atoms with Crippen LogP contribution in [0.15, 0.2) is 11.6 Å². The van der Waals surface area contributed by atoms with E-state index in [-0.39, 0.29) is 17.1 Å². The molecule has 0 saturated heterocycles. The lowest BCUT2D eigenvalue weighted by Gasteiger charge is -2.61. The fourth-order valence-electron chi connectivity index (χ4n) is 8.06. The van der Waals surface area contributed by atoms with Gasteiger partial charge in [-0.3, -0.25) is 0 Å². The monoisotopic (exact) mass is 418 g/mol. The molecule has 1 N–H and O–H groups in total. The summed E-state index contributed by atoms with van der Waals surface area (Å²) < 4.78 is 7.22. The number of allylic oxidation sites excluding steroid dienone is 1. The highest BCUT2D eigenvalue weighted by atomic mass is 28.4. The molecule has 0 amide bonds. The molecule has 4 aliphatic rings. The Balaban J connectivity index is 1.70. The maximum absolute atomic E-state index is 10.1. The first kappa shape index (κ1) is 22.1. The van der Waals surface area contributed by atoms with Crippen LogP contribution in [0.25, 0.3) is 0 Å². The van der Waals surface area contributed by atoms with Crippen molar-refractivity contribution < 1.29 is 9.53 Å². The number of hydrogen-bond donors (Lipinski definition) is 1. The van der Waals surface area contributed by atoms with Crippen molar-refractivity contribution in [3.05, 3.63) is 11.6 Å². The van der Waals surface area contributed by atoms with E-state index in [9.17, 15) is 5.11 Å². The molecule has 0 aliphatic heterocycles. The van der Waals surface area contributed by atoms with Crippen molar-refractivity contribution >= 4 is 8.32 Å². The minimum Gasteiger partial charge on any atom is -0.413 e. The Labute approximate surface area is 181 Å². The van der Waals surface area contributed by atoms with Gasteiger partial charge in [0.05, 0.1) is 6.10 Å². The molecule has 0 aromatic carbocycles. The fourth-order valence-corrected chi connectivity index (χ4v) is 9.80. The summed E-state index contributed by atoms with van der Waals surface area (Å²) in [6.07, 6.45) is 16.6. The first-order valence-electron chi connectivity index (χ1n) is 12.6. The van der Waals surface area contributed by atoms with E-state index < -0.39 is 8.32 Å². The van der Waals surface area contributed by atoms with Crippen molar-refractivity contribution in [1.29, 1.82) is 0 Å². The van der Waals surface area contributed by atoms with Gasteiger partial charge in [-0.05, 0) is 94.1 Å². The number of hydrogen-bond acceptors (Lipinski definition) is 2. The molecule has 3 heteroatoms. The molecule has 4 aliphatic carbocycles. The number of aliphatic hydroxyl groups excluding tert-OH is 1. The van der Waals surface area contributed by atoms with Gasteiger partial charge in [0.15, 0.2) is 8.32 Å². The van der Waals surface area contributed by atoms with Gasteiger partial charge in [-0.1, -0.05) is 45.8 Å². The maximum atomic E-state index is 10.1. The van der Waals surface area contributed by atoms with E-state index in [1.54, 1.807) is 5.57 Å². The van der Waals surface area contributed by atoms with Crippen molar-refractivity contribution in [2.75, 3.05) is 6.61 Å². The normalized spacial score (nSPS) is 42.7. The molecule has 0 aromatic heterocycles. The highest BCUT2D eigenvalue weighted by Gasteiger charge is 2.60. The molecule has 3 saturated carbocycles. The van der Waals surface area contributed by atoms with Gasteiger partial charge in [-0.2, -0.15) is 0 Å². The SMILES string of the molecule is CC[C@]12C(=CC[C@H]3[C@@H]4CCC[C@@]4(C)CC[C@@H]31)CCCC2O[Si](C)(C)C(C)(C)CO. The van der Waals surface area contributed by atoms with Gasteiger partial charge in [0, 0.05) is 17.1 Å². The minimum atomic E-state index is -2.03. The molecule has 2 nitrogen and oxygen atoms in total. The average Bonchev–Trinajstić information content (AvgIpc) is 3.09. The Kier molecular flexibility index (Phi) is 5.70. The average molecular weight is 419 g/mol. The largest absolute Gasteiger partial charge is 0.413 e. The van der Waals surface area contributed by atoms with E-state index in [4.69, 9.17) is 4.43 Å². The molecule has 0 aromatic rings. The van der Waals surface area contributed by atoms with Crippen molar-refractivity contribution in [3.8, 4) is 0 Å². The van der Waals surface area contributed by atoms with Crippen LogP contribution in [0.4, 0.5) is 0 Å². The first-order valence-corrected chi connectivity index (χ1v) is 15.5. The second-order valence-electron chi connectivity index (χ2n) is 12.4. The second kappa shape index (κ2) is 7.48. The van der Waals surface area contributed by atoms with Gasteiger partial charge < -0.3 is 9.53 Å². The van der Waals surface area contributed by atoms with Gasteiger partial charge in [0.1, 0.15) is 0 Å². The third kappa shape index (κ3) is 3.24. The third-order valence-corrected chi connectivity index (χ3v) is 14.9. The summed E-state index contributed by atoms with van der Waals surface area (Å²) in [5.41, 5.74) is 2.63. The highest BCUT2D eigenvalue weighted by molar-refractivity contribution is 6.74. The summed E-state index contributed by atoms with van der Waals surface area (Å²) in [6, 6.07) is 0. The third-order valence-electron chi connectivity index (χ3n) is 10.6. The molecular formula is C26H46O2Si. The van der Waals surface area contributed by atoms with Crippen molar-refractivity contribution in [2.24, 2.45) is 28.6 Å². The van der Waals surface area contributed by atoms with Crippen LogP contribution in [-0.4, -0.2) is 26.1 Å². The molecular weight excluding hydrogens is 372 g/mol. The molecule has 166 valence electrons. The van der Waals surface area contributed by atoms with Gasteiger partial charge in [0.25, 0.3) is 0 Å². The van der Waals surface area contributed by atoms with Crippen LogP contribution in [-0.2, 0) is 4.43 Å². The second-order valence-corrected chi connectivity index (χ2v) is 17.0. The summed E-state index contributed by atoms with van der Waals surface area (Å²) in [5, 5.41) is 9.97. The highest BCUT2D eigenvalue weighted by Crippen LogP contribution is 2.66. The van der Waals surface area contributed by atoms with Crippen LogP contribution in [0.5, 0.6) is 0 Å². The van der Waals surface area contributed by atoms with Crippen molar-refractivity contribution in [1.82, 2.24) is 0 Å². The van der Waals surface area contributed by atoms with E-state index in [2.05, 4.69) is 46.9 Å². The Hall–Kier alpha value is -0.123. The zero-order chi connectivity index (χ0) is 21.1. The van der Waals surface area contributed by atoms with Gasteiger partial charge >= 0.3 is 0 Å². The van der Waals surface area contributed by atoms with E-state index in [1.165, 1.54) is 64.2 Å². The smallest absolute Gasteiger partial charge is 0.194 e. The number of fused-ring (bicyclic) bond motifs is 5. The first-order chi connectivity index (χ1) is 13.6. The molecule has 0 heterocycles. The van der Waals surface area contributed by atoms with Crippen LogP contribution in [0, 0.1) is 28.6 Å².